The number of Topliss-reactive ketones (excluding diaryl/α,β-unsaturated/α-hetero) is 1. The number of aliphatic hydroxyl groups is 1. The second-order valence-electron chi connectivity index (χ2n) is 6.12. The Morgan fingerprint density at radius 2 is 1.00 bits per heavy atom. The summed E-state index contributed by atoms with van der Waals surface area (Å²) in [6.07, 6.45) is 16.9. The zero-order valence-electron chi connectivity index (χ0n) is 12.5. The van der Waals surface area contributed by atoms with Crippen LogP contribution in [0.3, 0.4) is 0 Å². The first-order valence-electron chi connectivity index (χ1n) is 8.51. The van der Waals surface area contributed by atoms with Crippen molar-refractivity contribution in [1.29, 1.82) is 0 Å². The van der Waals surface area contributed by atoms with Crippen LogP contribution in [0.4, 0.5) is 0 Å². The first-order chi connectivity index (χ1) is 9.30. The summed E-state index contributed by atoms with van der Waals surface area (Å²) in [6.45, 7) is 0. The lowest BCUT2D eigenvalue weighted by Crippen LogP contribution is -2.19. The van der Waals surface area contributed by atoms with Gasteiger partial charge in [-0.1, -0.05) is 77.0 Å². The van der Waals surface area contributed by atoms with Crippen LogP contribution in [0.5, 0.6) is 0 Å². The summed E-state index contributed by atoms with van der Waals surface area (Å²) in [5.74, 6) is 0.0734. The lowest BCUT2D eigenvalue weighted by molar-refractivity contribution is -0.127. The van der Waals surface area contributed by atoms with E-state index >= 15 is 0 Å². The van der Waals surface area contributed by atoms with Crippen molar-refractivity contribution >= 4 is 5.78 Å². The van der Waals surface area contributed by atoms with Gasteiger partial charge in [0.15, 0.2) is 5.78 Å². The van der Waals surface area contributed by atoms with Crippen molar-refractivity contribution in [2.75, 3.05) is 0 Å². The molecular formula is C17H32O2. The smallest absolute Gasteiger partial charge is 0.161 e. The van der Waals surface area contributed by atoms with Gasteiger partial charge in [0.2, 0.25) is 0 Å². The van der Waals surface area contributed by atoms with Crippen LogP contribution >= 0.6 is 0 Å². The Morgan fingerprint density at radius 1 is 0.632 bits per heavy atom. The molecule has 1 rings (SSSR count). The molecule has 1 N–H and O–H groups in total. The average Bonchev–Trinajstić information content (AvgIpc) is 2.41. The van der Waals surface area contributed by atoms with Crippen molar-refractivity contribution in [2.45, 2.75) is 102 Å². The van der Waals surface area contributed by atoms with E-state index in [-0.39, 0.29) is 5.78 Å². The minimum absolute atomic E-state index is 0.0734. The molecule has 0 aromatic heterocycles. The number of carbonyl (C=O) groups excluding carboxylic acids is 1. The van der Waals surface area contributed by atoms with Gasteiger partial charge in [0.05, 0.1) is 0 Å². The molecule has 0 radical (unpaired) electrons. The molecule has 0 saturated heterocycles. The van der Waals surface area contributed by atoms with Gasteiger partial charge in [-0.15, -0.1) is 0 Å². The molecule has 0 bridgehead atoms. The van der Waals surface area contributed by atoms with Gasteiger partial charge in [0.25, 0.3) is 0 Å². The molecule has 0 heterocycles. The molecule has 2 nitrogen and oxygen atoms in total. The minimum atomic E-state index is -0.685. The quantitative estimate of drug-likeness (QED) is 0.686. The molecule has 2 heteroatoms. The Kier molecular flexibility index (Phi) is 10.1. The Balaban J connectivity index is 2.21. The standard InChI is InChI=1S/C17H32O2/c18-16-14-12-10-8-6-4-2-1-3-5-7-9-11-13-15-17(16)19/h16,18H,1-15H2. The topological polar surface area (TPSA) is 37.3 Å². The summed E-state index contributed by atoms with van der Waals surface area (Å²) in [5, 5.41) is 9.78. The highest BCUT2D eigenvalue weighted by Gasteiger charge is 2.13. The zero-order valence-corrected chi connectivity index (χ0v) is 12.5. The second-order valence-corrected chi connectivity index (χ2v) is 6.12. The van der Waals surface area contributed by atoms with E-state index in [0.717, 1.165) is 19.3 Å². The first-order valence-corrected chi connectivity index (χ1v) is 8.51. The van der Waals surface area contributed by atoms with Crippen molar-refractivity contribution in [3.05, 3.63) is 0 Å². The largest absolute Gasteiger partial charge is 0.385 e. The first kappa shape index (κ1) is 16.7. The maximum atomic E-state index is 11.7. The van der Waals surface area contributed by atoms with Gasteiger partial charge >= 0.3 is 0 Å². The SMILES string of the molecule is O=C1CCCCCCCCCCCCCCCC1O. The molecule has 0 aromatic carbocycles. The van der Waals surface area contributed by atoms with E-state index in [0.29, 0.717) is 12.8 Å². The minimum Gasteiger partial charge on any atom is -0.385 e. The Bertz CT molecular complexity index is 225. The van der Waals surface area contributed by atoms with Gasteiger partial charge < -0.3 is 5.11 Å². The highest BCUT2D eigenvalue weighted by atomic mass is 16.3. The molecule has 0 spiro atoms. The highest BCUT2D eigenvalue weighted by molar-refractivity contribution is 5.82. The van der Waals surface area contributed by atoms with Crippen molar-refractivity contribution in [2.24, 2.45) is 0 Å². The number of carbonyl (C=O) groups is 1. The molecule has 1 unspecified atom stereocenters. The normalized spacial score (nSPS) is 26.8. The summed E-state index contributed by atoms with van der Waals surface area (Å²) in [7, 11) is 0. The number of ketones is 1. The number of aliphatic hydroxyl groups excluding tert-OH is 1. The van der Waals surface area contributed by atoms with Gasteiger partial charge in [-0.25, -0.2) is 0 Å². The van der Waals surface area contributed by atoms with E-state index in [4.69, 9.17) is 0 Å². The summed E-state index contributed by atoms with van der Waals surface area (Å²) < 4.78 is 0. The zero-order chi connectivity index (χ0) is 13.8. The van der Waals surface area contributed by atoms with Crippen LogP contribution in [0.25, 0.3) is 0 Å². The molecular weight excluding hydrogens is 236 g/mol. The number of hydrogen-bond acceptors (Lipinski definition) is 2. The molecule has 0 aliphatic heterocycles. The van der Waals surface area contributed by atoms with E-state index in [9.17, 15) is 9.90 Å². The third kappa shape index (κ3) is 9.21. The van der Waals surface area contributed by atoms with E-state index in [1.165, 1.54) is 64.2 Å². The fourth-order valence-electron chi connectivity index (χ4n) is 2.91. The molecule has 19 heavy (non-hydrogen) atoms. The van der Waals surface area contributed by atoms with Crippen LogP contribution < -0.4 is 0 Å². The van der Waals surface area contributed by atoms with Crippen LogP contribution in [0.2, 0.25) is 0 Å². The van der Waals surface area contributed by atoms with Gasteiger partial charge in [-0.2, -0.15) is 0 Å². The van der Waals surface area contributed by atoms with E-state index in [2.05, 4.69) is 0 Å². The Labute approximate surface area is 119 Å². The molecule has 1 aliphatic rings. The fraction of sp³-hybridized carbons (Fsp3) is 0.941. The predicted octanol–water partition coefficient (Wildman–Crippen LogP) is 4.78. The molecule has 1 atom stereocenters. The van der Waals surface area contributed by atoms with Crippen LogP contribution in [0, 0.1) is 0 Å². The molecule has 112 valence electrons. The molecule has 0 aromatic rings. The molecule has 1 saturated carbocycles. The van der Waals surface area contributed by atoms with E-state index in [1.807, 2.05) is 0 Å². The van der Waals surface area contributed by atoms with Gasteiger partial charge in [-0.05, 0) is 12.8 Å². The van der Waals surface area contributed by atoms with Gasteiger partial charge in [-0.3, -0.25) is 4.79 Å². The lowest BCUT2D eigenvalue weighted by Gasteiger charge is -2.09. The van der Waals surface area contributed by atoms with Crippen LogP contribution in [0.1, 0.15) is 96.3 Å². The van der Waals surface area contributed by atoms with Crippen molar-refractivity contribution in [3.63, 3.8) is 0 Å². The lowest BCUT2D eigenvalue weighted by atomic mass is 10.0. The van der Waals surface area contributed by atoms with Gasteiger partial charge in [0, 0.05) is 6.42 Å². The monoisotopic (exact) mass is 268 g/mol. The van der Waals surface area contributed by atoms with Crippen LogP contribution in [-0.4, -0.2) is 17.0 Å². The van der Waals surface area contributed by atoms with E-state index in [1.54, 1.807) is 0 Å². The number of rotatable bonds is 0. The predicted molar refractivity (Wildman–Crippen MR) is 80.3 cm³/mol. The Morgan fingerprint density at radius 3 is 1.47 bits per heavy atom. The van der Waals surface area contributed by atoms with Crippen LogP contribution in [0.15, 0.2) is 0 Å². The van der Waals surface area contributed by atoms with Crippen molar-refractivity contribution in [1.82, 2.24) is 0 Å². The van der Waals surface area contributed by atoms with Gasteiger partial charge in [0.1, 0.15) is 6.10 Å². The molecule has 1 fully saturated rings. The third-order valence-corrected chi connectivity index (χ3v) is 4.27. The summed E-state index contributed by atoms with van der Waals surface area (Å²) in [6, 6.07) is 0. The third-order valence-electron chi connectivity index (χ3n) is 4.27. The maximum absolute atomic E-state index is 11.7. The van der Waals surface area contributed by atoms with Crippen molar-refractivity contribution < 1.29 is 9.90 Å². The van der Waals surface area contributed by atoms with E-state index < -0.39 is 6.10 Å². The summed E-state index contributed by atoms with van der Waals surface area (Å²) in [5.41, 5.74) is 0. The second kappa shape index (κ2) is 11.5. The summed E-state index contributed by atoms with van der Waals surface area (Å²) in [4.78, 5) is 11.7. The van der Waals surface area contributed by atoms with Crippen molar-refractivity contribution in [3.8, 4) is 0 Å². The Hall–Kier alpha value is -0.370. The highest BCUT2D eigenvalue weighted by Crippen LogP contribution is 2.15. The number of hydrogen-bond donors (Lipinski definition) is 1. The molecule has 1 aliphatic carbocycles. The summed E-state index contributed by atoms with van der Waals surface area (Å²) >= 11 is 0. The van der Waals surface area contributed by atoms with Crippen LogP contribution in [-0.2, 0) is 4.79 Å². The fourth-order valence-corrected chi connectivity index (χ4v) is 2.91. The molecule has 0 amide bonds. The maximum Gasteiger partial charge on any atom is 0.161 e. The average molecular weight is 268 g/mol.